The zero-order valence-corrected chi connectivity index (χ0v) is 15.1. The van der Waals surface area contributed by atoms with Crippen molar-refractivity contribution >= 4 is 76.8 Å². The van der Waals surface area contributed by atoms with Crippen LogP contribution in [0.5, 0.6) is 0 Å². The van der Waals surface area contributed by atoms with E-state index in [9.17, 15) is 4.79 Å². The van der Waals surface area contributed by atoms with Gasteiger partial charge < -0.3 is 5.73 Å². The van der Waals surface area contributed by atoms with E-state index in [1.807, 2.05) is 24.3 Å². The summed E-state index contributed by atoms with van der Waals surface area (Å²) >= 11 is 6.92. The molecule has 0 aliphatic carbocycles. The first-order chi connectivity index (χ1) is 10.0. The van der Waals surface area contributed by atoms with Gasteiger partial charge in [0, 0.05) is 13.7 Å². The number of nitrogen functional groups attached to an aromatic ring is 1. The quantitative estimate of drug-likeness (QED) is 0.425. The van der Waals surface area contributed by atoms with E-state index in [2.05, 4.69) is 48.8 Å². The maximum absolute atomic E-state index is 12.3. The largest absolute Gasteiger partial charge is 0.399 e. The van der Waals surface area contributed by atoms with Crippen molar-refractivity contribution in [1.29, 1.82) is 0 Å². The zero-order chi connectivity index (χ0) is 15.0. The van der Waals surface area contributed by atoms with E-state index in [1.165, 1.54) is 11.3 Å². The number of nitrogens with one attached hydrogen (secondary N) is 1. The molecule has 3 N–H and O–H groups in total. The molecule has 0 bridgehead atoms. The Morgan fingerprint density at radius 3 is 2.90 bits per heavy atom. The molecule has 1 heterocycles. The first-order valence-electron chi connectivity index (χ1n) is 5.95. The number of anilines is 2. The maximum atomic E-state index is 12.3. The van der Waals surface area contributed by atoms with E-state index in [0.717, 1.165) is 18.3 Å². The number of carbonyl (C=O) groups is 1. The molecule has 2 aromatic carbocycles. The van der Waals surface area contributed by atoms with E-state index in [1.54, 1.807) is 12.1 Å². The fraction of sp³-hybridized carbons (Fsp3) is 0. The monoisotopic (exact) mass is 473 g/mol. The number of fused-ring (bicyclic) bond motifs is 1. The van der Waals surface area contributed by atoms with Gasteiger partial charge in [0.2, 0.25) is 0 Å². The summed E-state index contributed by atoms with van der Waals surface area (Å²) in [6.07, 6.45) is 0. The molecular weight excluding hydrogens is 465 g/mol. The third-order valence-electron chi connectivity index (χ3n) is 2.81. The second-order valence-electron chi connectivity index (χ2n) is 4.32. The van der Waals surface area contributed by atoms with Gasteiger partial charge in [0.05, 0.1) is 15.8 Å². The molecule has 21 heavy (non-hydrogen) atoms. The molecule has 0 spiro atoms. The van der Waals surface area contributed by atoms with Crippen LogP contribution >= 0.6 is 49.9 Å². The number of nitrogens with two attached hydrogens (primary N) is 1. The number of hydrogen-bond acceptors (Lipinski definition) is 4. The molecule has 106 valence electrons. The Bertz CT molecular complexity index is 849. The second kappa shape index (κ2) is 5.90. The molecule has 7 heteroatoms. The summed E-state index contributed by atoms with van der Waals surface area (Å²) in [4.78, 5) is 16.7. The molecule has 1 amide bonds. The van der Waals surface area contributed by atoms with Crippen molar-refractivity contribution in [1.82, 2.24) is 4.98 Å². The van der Waals surface area contributed by atoms with Crippen molar-refractivity contribution in [2.45, 2.75) is 0 Å². The van der Waals surface area contributed by atoms with Gasteiger partial charge in [0.1, 0.15) is 0 Å². The lowest BCUT2D eigenvalue weighted by Crippen LogP contribution is -2.13. The van der Waals surface area contributed by atoms with Crippen molar-refractivity contribution in [2.24, 2.45) is 0 Å². The smallest absolute Gasteiger partial charge is 0.258 e. The van der Waals surface area contributed by atoms with Crippen LogP contribution < -0.4 is 11.1 Å². The molecule has 1 aromatic heterocycles. The van der Waals surface area contributed by atoms with Crippen LogP contribution in [0, 0.1) is 3.57 Å². The van der Waals surface area contributed by atoms with Crippen LogP contribution in [0.15, 0.2) is 40.9 Å². The summed E-state index contributed by atoms with van der Waals surface area (Å²) in [7, 11) is 0. The Kier molecular flexibility index (Phi) is 4.14. The number of thiazole rings is 1. The normalized spacial score (nSPS) is 10.8. The summed E-state index contributed by atoms with van der Waals surface area (Å²) in [5.41, 5.74) is 7.87. The number of hydrogen-bond donors (Lipinski definition) is 2. The van der Waals surface area contributed by atoms with E-state index in [4.69, 9.17) is 5.73 Å². The first kappa shape index (κ1) is 14.7. The third kappa shape index (κ3) is 3.19. The predicted molar refractivity (Wildman–Crippen MR) is 98.8 cm³/mol. The fourth-order valence-electron chi connectivity index (χ4n) is 1.83. The number of nitrogens with zero attached hydrogens (tertiary/aromatic N) is 1. The van der Waals surface area contributed by atoms with Crippen LogP contribution in [0.2, 0.25) is 0 Å². The van der Waals surface area contributed by atoms with E-state index in [-0.39, 0.29) is 5.91 Å². The Morgan fingerprint density at radius 1 is 1.29 bits per heavy atom. The Morgan fingerprint density at radius 2 is 2.10 bits per heavy atom. The number of halogens is 2. The van der Waals surface area contributed by atoms with Crippen LogP contribution in [0.1, 0.15) is 10.4 Å². The average Bonchev–Trinajstić information content (AvgIpc) is 2.82. The van der Waals surface area contributed by atoms with Gasteiger partial charge >= 0.3 is 0 Å². The van der Waals surface area contributed by atoms with Gasteiger partial charge in [-0.2, -0.15) is 0 Å². The van der Waals surface area contributed by atoms with Crippen LogP contribution in [0.3, 0.4) is 0 Å². The number of amides is 1. The highest BCUT2D eigenvalue weighted by Gasteiger charge is 2.13. The molecule has 3 aromatic rings. The molecule has 0 saturated heterocycles. The van der Waals surface area contributed by atoms with Crippen molar-refractivity contribution in [3.8, 4) is 0 Å². The average molecular weight is 474 g/mol. The molecule has 0 aliphatic rings. The van der Waals surface area contributed by atoms with E-state index >= 15 is 0 Å². The van der Waals surface area contributed by atoms with Crippen molar-refractivity contribution < 1.29 is 4.79 Å². The summed E-state index contributed by atoms with van der Waals surface area (Å²) in [5.74, 6) is -0.173. The number of rotatable bonds is 2. The minimum atomic E-state index is -0.173. The van der Waals surface area contributed by atoms with Gasteiger partial charge in [-0.3, -0.25) is 10.1 Å². The van der Waals surface area contributed by atoms with Gasteiger partial charge in [-0.25, -0.2) is 4.98 Å². The van der Waals surface area contributed by atoms with Crippen LogP contribution in [-0.2, 0) is 0 Å². The molecular formula is C14H9BrIN3OS. The molecule has 0 radical (unpaired) electrons. The maximum Gasteiger partial charge on any atom is 0.258 e. The topological polar surface area (TPSA) is 68.0 Å². The molecule has 0 aliphatic heterocycles. The number of carbonyl (C=O) groups excluding carboxylic acids is 1. The molecule has 4 nitrogen and oxygen atoms in total. The Labute approximate surface area is 147 Å². The van der Waals surface area contributed by atoms with Crippen LogP contribution in [-0.4, -0.2) is 10.9 Å². The summed E-state index contributed by atoms with van der Waals surface area (Å²) in [6.45, 7) is 0. The van der Waals surface area contributed by atoms with Gasteiger partial charge in [-0.05, 0) is 59.0 Å². The number of benzene rings is 2. The van der Waals surface area contributed by atoms with Crippen molar-refractivity contribution in [2.75, 3.05) is 11.1 Å². The Hall–Kier alpha value is -1.19. The molecule has 3 rings (SSSR count). The predicted octanol–water partition coefficient (Wildman–Crippen LogP) is 4.50. The molecule has 0 unspecified atom stereocenters. The van der Waals surface area contributed by atoms with Crippen LogP contribution in [0.25, 0.3) is 10.2 Å². The lowest BCUT2D eigenvalue weighted by molar-refractivity contribution is 0.102. The van der Waals surface area contributed by atoms with Gasteiger partial charge in [0.25, 0.3) is 5.91 Å². The summed E-state index contributed by atoms with van der Waals surface area (Å²) < 4.78 is 2.71. The molecule has 0 fully saturated rings. The standard InChI is InChI=1S/C14H9BrIN3OS/c15-7-1-3-10(16)9(5-7)13(20)19-14-18-11-4-2-8(17)6-12(11)21-14/h1-6H,17H2,(H,18,19,20). The summed E-state index contributed by atoms with van der Waals surface area (Å²) in [6, 6.07) is 11.1. The van der Waals surface area contributed by atoms with Crippen molar-refractivity contribution in [3.05, 3.63) is 50.0 Å². The second-order valence-corrected chi connectivity index (χ2v) is 7.43. The minimum Gasteiger partial charge on any atom is -0.399 e. The summed E-state index contributed by atoms with van der Waals surface area (Å²) in [5, 5.41) is 3.40. The first-order valence-corrected chi connectivity index (χ1v) is 8.64. The SMILES string of the molecule is Nc1ccc2nc(NC(=O)c3cc(Br)ccc3I)sc2c1. The lowest BCUT2D eigenvalue weighted by atomic mass is 10.2. The van der Waals surface area contributed by atoms with E-state index in [0.29, 0.717) is 16.4 Å². The van der Waals surface area contributed by atoms with Gasteiger partial charge in [-0.15, -0.1) is 0 Å². The van der Waals surface area contributed by atoms with Gasteiger partial charge in [0.15, 0.2) is 5.13 Å². The zero-order valence-electron chi connectivity index (χ0n) is 10.6. The van der Waals surface area contributed by atoms with Crippen molar-refractivity contribution in [3.63, 3.8) is 0 Å². The Balaban J connectivity index is 1.90. The minimum absolute atomic E-state index is 0.173. The van der Waals surface area contributed by atoms with Gasteiger partial charge in [-0.1, -0.05) is 27.3 Å². The highest BCUT2D eigenvalue weighted by atomic mass is 127. The highest BCUT2D eigenvalue weighted by Crippen LogP contribution is 2.28. The highest BCUT2D eigenvalue weighted by molar-refractivity contribution is 14.1. The molecule has 0 atom stereocenters. The van der Waals surface area contributed by atoms with Crippen LogP contribution in [0.4, 0.5) is 10.8 Å². The fourth-order valence-corrected chi connectivity index (χ4v) is 3.68. The molecule has 0 saturated carbocycles. The lowest BCUT2D eigenvalue weighted by Gasteiger charge is -2.04. The number of aromatic nitrogens is 1. The third-order valence-corrected chi connectivity index (χ3v) is 5.17. The van der Waals surface area contributed by atoms with E-state index < -0.39 is 0 Å².